The van der Waals surface area contributed by atoms with Crippen LogP contribution in [0.15, 0.2) is 83.8 Å². The molecule has 0 aliphatic heterocycles. The summed E-state index contributed by atoms with van der Waals surface area (Å²) in [5.74, 6) is -1.69. The van der Waals surface area contributed by atoms with E-state index in [2.05, 4.69) is 10.0 Å². The molecule has 0 bridgehead atoms. The maximum atomic E-state index is 12.6. The summed E-state index contributed by atoms with van der Waals surface area (Å²) in [6.45, 7) is 0. The summed E-state index contributed by atoms with van der Waals surface area (Å²) in [4.78, 5) is 23.8. The average Bonchev–Trinajstić information content (AvgIpc) is 2.69. The molecule has 3 rings (SSSR count). The first-order valence-electron chi connectivity index (χ1n) is 8.18. The molecule has 0 aromatic heterocycles. The van der Waals surface area contributed by atoms with Gasteiger partial charge in [-0.25, -0.2) is 13.2 Å². The largest absolute Gasteiger partial charge is 0.478 e. The Morgan fingerprint density at radius 3 is 2.21 bits per heavy atom. The van der Waals surface area contributed by atoms with Gasteiger partial charge in [0.05, 0.1) is 21.7 Å². The fraction of sp³-hybridized carbons (Fsp3) is 0. The van der Waals surface area contributed by atoms with Crippen molar-refractivity contribution in [2.24, 2.45) is 0 Å². The Morgan fingerprint density at radius 1 is 0.821 bits per heavy atom. The highest BCUT2D eigenvalue weighted by molar-refractivity contribution is 7.92. The van der Waals surface area contributed by atoms with Crippen LogP contribution in [0, 0.1) is 0 Å². The Balaban J connectivity index is 1.87. The zero-order chi connectivity index (χ0) is 20.1. The Labute approximate surface area is 161 Å². The van der Waals surface area contributed by atoms with Gasteiger partial charge in [-0.05, 0) is 42.5 Å². The third-order valence-electron chi connectivity index (χ3n) is 3.84. The molecule has 0 spiro atoms. The molecule has 0 aliphatic carbocycles. The Morgan fingerprint density at radius 2 is 1.50 bits per heavy atom. The molecule has 7 nitrogen and oxygen atoms in total. The predicted molar refractivity (Wildman–Crippen MR) is 105 cm³/mol. The monoisotopic (exact) mass is 396 g/mol. The predicted octanol–water partition coefficient (Wildman–Crippen LogP) is 3.44. The van der Waals surface area contributed by atoms with Gasteiger partial charge >= 0.3 is 5.97 Å². The van der Waals surface area contributed by atoms with Gasteiger partial charge in [-0.3, -0.25) is 9.52 Å². The fourth-order valence-electron chi connectivity index (χ4n) is 2.50. The van der Waals surface area contributed by atoms with E-state index < -0.39 is 21.9 Å². The van der Waals surface area contributed by atoms with Gasteiger partial charge in [0.15, 0.2) is 0 Å². The minimum Gasteiger partial charge on any atom is -0.478 e. The van der Waals surface area contributed by atoms with Gasteiger partial charge in [-0.15, -0.1) is 0 Å². The van der Waals surface area contributed by atoms with Gasteiger partial charge < -0.3 is 10.4 Å². The number of hydrogen-bond donors (Lipinski definition) is 3. The molecule has 3 aromatic carbocycles. The minimum atomic E-state index is -3.87. The van der Waals surface area contributed by atoms with Crippen molar-refractivity contribution < 1.29 is 23.1 Å². The van der Waals surface area contributed by atoms with E-state index in [0.29, 0.717) is 0 Å². The van der Waals surface area contributed by atoms with Crippen molar-refractivity contribution in [1.82, 2.24) is 0 Å². The van der Waals surface area contributed by atoms with E-state index >= 15 is 0 Å². The molecule has 28 heavy (non-hydrogen) atoms. The second-order valence-electron chi connectivity index (χ2n) is 5.80. The third kappa shape index (κ3) is 4.36. The Kier molecular flexibility index (Phi) is 5.42. The van der Waals surface area contributed by atoms with E-state index in [0.717, 1.165) is 0 Å². The number of amides is 1. The van der Waals surface area contributed by atoms with Crippen LogP contribution in [0.5, 0.6) is 0 Å². The van der Waals surface area contributed by atoms with Crippen LogP contribution in [0.1, 0.15) is 20.7 Å². The quantitative estimate of drug-likeness (QED) is 0.591. The number of benzene rings is 3. The van der Waals surface area contributed by atoms with E-state index in [4.69, 9.17) is 5.11 Å². The van der Waals surface area contributed by atoms with Crippen LogP contribution < -0.4 is 10.0 Å². The lowest BCUT2D eigenvalue weighted by Crippen LogP contribution is -2.18. The van der Waals surface area contributed by atoms with Crippen LogP contribution in [0.25, 0.3) is 0 Å². The zero-order valence-electron chi connectivity index (χ0n) is 14.5. The van der Waals surface area contributed by atoms with Gasteiger partial charge in [0.2, 0.25) is 0 Å². The number of nitrogens with one attached hydrogen (secondary N) is 2. The van der Waals surface area contributed by atoms with Crippen molar-refractivity contribution in [2.45, 2.75) is 4.90 Å². The summed E-state index contributed by atoms with van der Waals surface area (Å²) >= 11 is 0. The summed E-state index contributed by atoms with van der Waals surface area (Å²) in [5.41, 5.74) is 0.516. The molecule has 0 aliphatic rings. The topological polar surface area (TPSA) is 113 Å². The molecule has 0 unspecified atom stereocenters. The van der Waals surface area contributed by atoms with E-state index in [1.807, 2.05) is 0 Å². The van der Waals surface area contributed by atoms with Crippen molar-refractivity contribution in [3.63, 3.8) is 0 Å². The van der Waals surface area contributed by atoms with Gasteiger partial charge in [0.25, 0.3) is 15.9 Å². The summed E-state index contributed by atoms with van der Waals surface area (Å²) in [6.07, 6.45) is 0. The number of para-hydroxylation sites is 1. The van der Waals surface area contributed by atoms with Crippen molar-refractivity contribution in [3.05, 3.63) is 90.0 Å². The maximum absolute atomic E-state index is 12.6. The van der Waals surface area contributed by atoms with Gasteiger partial charge in [-0.2, -0.15) is 0 Å². The van der Waals surface area contributed by atoms with Crippen LogP contribution in [0.3, 0.4) is 0 Å². The molecule has 0 saturated heterocycles. The molecule has 3 aromatic rings. The molecular formula is C20H16N2O5S. The number of carbonyl (C=O) groups is 2. The number of sulfonamides is 1. The Bertz CT molecular complexity index is 1130. The smallest absolute Gasteiger partial charge is 0.335 e. The van der Waals surface area contributed by atoms with E-state index in [-0.39, 0.29) is 27.4 Å². The number of hydrogen-bond acceptors (Lipinski definition) is 4. The normalized spacial score (nSPS) is 10.9. The number of carboxylic acid groups (broad SMARTS) is 1. The van der Waals surface area contributed by atoms with Crippen molar-refractivity contribution >= 4 is 33.3 Å². The summed E-state index contributed by atoms with van der Waals surface area (Å²) in [7, 11) is -3.87. The second kappa shape index (κ2) is 7.93. The van der Waals surface area contributed by atoms with E-state index in [1.54, 1.807) is 36.4 Å². The Hall–Kier alpha value is -3.65. The number of carbonyl (C=O) groups excluding carboxylic acids is 1. The fourth-order valence-corrected chi connectivity index (χ4v) is 3.60. The molecule has 0 radical (unpaired) electrons. The molecular weight excluding hydrogens is 380 g/mol. The molecule has 0 saturated carbocycles. The van der Waals surface area contributed by atoms with Gasteiger partial charge in [-0.1, -0.05) is 36.4 Å². The molecule has 8 heteroatoms. The minimum absolute atomic E-state index is 0.0239. The molecule has 0 heterocycles. The van der Waals surface area contributed by atoms with Crippen molar-refractivity contribution in [3.8, 4) is 0 Å². The lowest BCUT2D eigenvalue weighted by molar-refractivity contribution is 0.0696. The maximum Gasteiger partial charge on any atom is 0.335 e. The number of anilines is 2. The van der Waals surface area contributed by atoms with Crippen LogP contribution >= 0.6 is 0 Å². The first-order chi connectivity index (χ1) is 13.4. The van der Waals surface area contributed by atoms with Gasteiger partial charge in [0, 0.05) is 5.69 Å². The highest BCUT2D eigenvalue weighted by Gasteiger charge is 2.18. The van der Waals surface area contributed by atoms with Gasteiger partial charge in [0.1, 0.15) is 0 Å². The third-order valence-corrected chi connectivity index (χ3v) is 5.22. The standard InChI is InChI=1S/C20H16N2O5S/c23-19(21-15-8-6-7-14(13-15)20(24)25)17-11-4-5-12-18(17)22-28(26,27)16-9-2-1-3-10-16/h1-13,22H,(H,21,23)(H,24,25). The molecule has 0 atom stereocenters. The number of aromatic carboxylic acids is 1. The first-order valence-corrected chi connectivity index (χ1v) is 9.67. The van der Waals surface area contributed by atoms with Crippen LogP contribution in [-0.4, -0.2) is 25.4 Å². The lowest BCUT2D eigenvalue weighted by atomic mass is 10.1. The first kappa shape index (κ1) is 19.1. The SMILES string of the molecule is O=C(O)c1cccc(NC(=O)c2ccccc2NS(=O)(=O)c2ccccc2)c1. The molecule has 3 N–H and O–H groups in total. The van der Waals surface area contributed by atoms with E-state index in [9.17, 15) is 18.0 Å². The summed E-state index contributed by atoms with van der Waals surface area (Å²) < 4.78 is 27.5. The van der Waals surface area contributed by atoms with Crippen molar-refractivity contribution in [1.29, 1.82) is 0 Å². The second-order valence-corrected chi connectivity index (χ2v) is 7.49. The van der Waals surface area contributed by atoms with Crippen LogP contribution in [0.2, 0.25) is 0 Å². The summed E-state index contributed by atoms with van der Waals surface area (Å²) in [6, 6.07) is 19.7. The van der Waals surface area contributed by atoms with Crippen molar-refractivity contribution in [2.75, 3.05) is 10.0 Å². The number of rotatable bonds is 6. The zero-order valence-corrected chi connectivity index (χ0v) is 15.3. The number of carboxylic acids is 1. The van der Waals surface area contributed by atoms with E-state index in [1.165, 1.54) is 42.5 Å². The summed E-state index contributed by atoms with van der Waals surface area (Å²) in [5, 5.41) is 11.6. The molecule has 1 amide bonds. The van der Waals surface area contributed by atoms with Crippen LogP contribution in [0.4, 0.5) is 11.4 Å². The highest BCUT2D eigenvalue weighted by Crippen LogP contribution is 2.21. The molecule has 0 fully saturated rings. The molecule has 142 valence electrons. The van der Waals surface area contributed by atoms with Crippen LogP contribution in [-0.2, 0) is 10.0 Å². The highest BCUT2D eigenvalue weighted by atomic mass is 32.2. The average molecular weight is 396 g/mol. The lowest BCUT2D eigenvalue weighted by Gasteiger charge is -2.13.